The second kappa shape index (κ2) is 14.1. The number of ether oxygens (including phenoxy) is 4. The molecule has 0 fully saturated rings. The Hall–Kier alpha value is -5.22. The molecule has 0 unspecified atom stereocenters. The quantitative estimate of drug-likeness (QED) is 0.159. The summed E-state index contributed by atoms with van der Waals surface area (Å²) in [7, 11) is 1.59. The minimum absolute atomic E-state index is 0.0495. The van der Waals surface area contributed by atoms with E-state index in [1.807, 2.05) is 73.7 Å². The first kappa shape index (κ1) is 27.8. The SMILES string of the molecule is CCOc1ccc(NC(=O)/C(C#N)=C/c2ccccc2OCc2ccc(OCc3ccccc3)c(OC)c2)cc1. The lowest BCUT2D eigenvalue weighted by atomic mass is 10.1. The Morgan fingerprint density at radius 1 is 0.800 bits per heavy atom. The van der Waals surface area contributed by atoms with Crippen molar-refractivity contribution in [3.05, 3.63) is 119 Å². The van der Waals surface area contributed by atoms with Gasteiger partial charge < -0.3 is 24.3 Å². The minimum Gasteiger partial charge on any atom is -0.494 e. The maximum absolute atomic E-state index is 12.8. The van der Waals surface area contributed by atoms with E-state index in [1.54, 1.807) is 43.5 Å². The molecule has 0 atom stereocenters. The summed E-state index contributed by atoms with van der Waals surface area (Å²) in [6, 6.07) is 31.7. The maximum atomic E-state index is 12.8. The molecule has 4 aromatic rings. The minimum atomic E-state index is -0.516. The van der Waals surface area contributed by atoms with Crippen LogP contribution in [0.3, 0.4) is 0 Å². The first-order valence-electron chi connectivity index (χ1n) is 12.8. The number of methoxy groups -OCH3 is 1. The highest BCUT2D eigenvalue weighted by molar-refractivity contribution is 6.09. The van der Waals surface area contributed by atoms with Gasteiger partial charge in [-0.3, -0.25) is 4.79 Å². The predicted molar refractivity (Wildman–Crippen MR) is 154 cm³/mol. The average molecular weight is 535 g/mol. The van der Waals surface area contributed by atoms with Crippen LogP contribution in [0.4, 0.5) is 5.69 Å². The molecule has 1 N–H and O–H groups in total. The molecule has 0 saturated heterocycles. The van der Waals surface area contributed by atoms with Crippen LogP contribution in [0.25, 0.3) is 6.08 Å². The zero-order chi connectivity index (χ0) is 28.2. The van der Waals surface area contributed by atoms with Crippen LogP contribution in [-0.4, -0.2) is 19.6 Å². The fraction of sp³-hybridized carbons (Fsp3) is 0.152. The van der Waals surface area contributed by atoms with Crippen molar-refractivity contribution < 1.29 is 23.7 Å². The van der Waals surface area contributed by atoms with Crippen molar-refractivity contribution in [2.45, 2.75) is 20.1 Å². The molecule has 0 aliphatic carbocycles. The van der Waals surface area contributed by atoms with E-state index in [9.17, 15) is 10.1 Å². The van der Waals surface area contributed by atoms with Gasteiger partial charge in [0.25, 0.3) is 5.91 Å². The first-order valence-corrected chi connectivity index (χ1v) is 12.8. The van der Waals surface area contributed by atoms with Gasteiger partial charge in [0.15, 0.2) is 11.5 Å². The van der Waals surface area contributed by atoms with E-state index >= 15 is 0 Å². The standard InChI is InChI=1S/C33H30N2O5/c1-3-38-29-16-14-28(15-17-29)35-33(36)27(21-34)20-26-11-7-8-12-30(26)39-23-25-13-18-31(32(19-25)37-2)40-22-24-9-5-4-6-10-24/h4-20H,3,22-23H2,1-2H3,(H,35,36)/b27-20+. The van der Waals surface area contributed by atoms with Crippen molar-refractivity contribution in [1.29, 1.82) is 5.26 Å². The third-order valence-electron chi connectivity index (χ3n) is 5.87. The van der Waals surface area contributed by atoms with Crippen molar-refractivity contribution in [1.82, 2.24) is 0 Å². The fourth-order valence-corrected chi connectivity index (χ4v) is 3.85. The molecule has 4 aromatic carbocycles. The molecule has 4 rings (SSSR count). The highest BCUT2D eigenvalue weighted by Crippen LogP contribution is 2.30. The molecule has 7 heteroatoms. The lowest BCUT2D eigenvalue weighted by Crippen LogP contribution is -2.13. The number of nitrogens with one attached hydrogen (secondary N) is 1. The summed E-state index contributed by atoms with van der Waals surface area (Å²) < 4.78 is 23.0. The summed E-state index contributed by atoms with van der Waals surface area (Å²) in [5, 5.41) is 12.4. The molecule has 1 amide bonds. The molecule has 0 aliphatic rings. The van der Waals surface area contributed by atoms with Crippen molar-refractivity contribution in [2.75, 3.05) is 19.0 Å². The molecule has 7 nitrogen and oxygen atoms in total. The number of carbonyl (C=O) groups excluding carboxylic acids is 1. The Morgan fingerprint density at radius 3 is 2.23 bits per heavy atom. The molecule has 0 saturated carbocycles. The van der Waals surface area contributed by atoms with Gasteiger partial charge in [-0.2, -0.15) is 5.26 Å². The van der Waals surface area contributed by atoms with Crippen molar-refractivity contribution >= 4 is 17.7 Å². The van der Waals surface area contributed by atoms with Crippen LogP contribution in [0.1, 0.15) is 23.6 Å². The number of nitrogens with zero attached hydrogens (tertiary/aromatic N) is 1. The summed E-state index contributed by atoms with van der Waals surface area (Å²) in [6.45, 7) is 3.13. The van der Waals surface area contributed by atoms with Gasteiger partial charge >= 0.3 is 0 Å². The monoisotopic (exact) mass is 534 g/mol. The molecule has 0 heterocycles. The van der Waals surface area contributed by atoms with E-state index in [0.717, 1.165) is 11.1 Å². The molecule has 0 aromatic heterocycles. The van der Waals surface area contributed by atoms with Gasteiger partial charge in [0.05, 0.1) is 13.7 Å². The average Bonchev–Trinajstić information content (AvgIpc) is 3.00. The normalized spacial score (nSPS) is 10.8. The summed E-state index contributed by atoms with van der Waals surface area (Å²) in [5.41, 5.74) is 3.05. The molecule has 0 bridgehead atoms. The van der Waals surface area contributed by atoms with Crippen LogP contribution in [0, 0.1) is 11.3 Å². The summed E-state index contributed by atoms with van der Waals surface area (Å²) in [6.07, 6.45) is 1.51. The number of hydrogen-bond acceptors (Lipinski definition) is 6. The van der Waals surface area contributed by atoms with Gasteiger partial charge in [-0.1, -0.05) is 54.6 Å². The first-order chi connectivity index (χ1) is 19.6. The molecular formula is C33H30N2O5. The number of benzene rings is 4. The van der Waals surface area contributed by atoms with Gasteiger partial charge in [0.2, 0.25) is 0 Å². The van der Waals surface area contributed by atoms with Crippen LogP contribution in [0.15, 0.2) is 103 Å². The Kier molecular flexibility index (Phi) is 9.78. The topological polar surface area (TPSA) is 89.8 Å². The lowest BCUT2D eigenvalue weighted by Gasteiger charge is -2.14. The van der Waals surface area contributed by atoms with Crippen molar-refractivity contribution in [3.63, 3.8) is 0 Å². The highest BCUT2D eigenvalue weighted by Gasteiger charge is 2.12. The molecule has 0 aliphatic heterocycles. The van der Waals surface area contributed by atoms with E-state index in [-0.39, 0.29) is 12.2 Å². The third-order valence-corrected chi connectivity index (χ3v) is 5.87. The van der Waals surface area contributed by atoms with E-state index in [4.69, 9.17) is 18.9 Å². The Labute approximate surface area is 234 Å². The zero-order valence-corrected chi connectivity index (χ0v) is 22.4. The Morgan fingerprint density at radius 2 is 1.50 bits per heavy atom. The van der Waals surface area contributed by atoms with Crippen LogP contribution in [-0.2, 0) is 18.0 Å². The van der Waals surface area contributed by atoms with Gasteiger partial charge in [-0.25, -0.2) is 0 Å². The summed E-state index contributed by atoms with van der Waals surface area (Å²) >= 11 is 0. The number of nitriles is 1. The Bertz CT molecular complexity index is 1490. The van der Waals surface area contributed by atoms with E-state index in [0.29, 0.717) is 47.5 Å². The summed E-state index contributed by atoms with van der Waals surface area (Å²) in [4.78, 5) is 12.8. The van der Waals surface area contributed by atoms with Gasteiger partial charge in [-0.05, 0) is 66.6 Å². The van der Waals surface area contributed by atoms with Crippen molar-refractivity contribution in [3.8, 4) is 29.1 Å². The van der Waals surface area contributed by atoms with E-state index < -0.39 is 5.91 Å². The number of anilines is 1. The van der Waals surface area contributed by atoms with Crippen LogP contribution in [0.2, 0.25) is 0 Å². The fourth-order valence-electron chi connectivity index (χ4n) is 3.85. The number of carbonyl (C=O) groups is 1. The van der Waals surface area contributed by atoms with Crippen molar-refractivity contribution in [2.24, 2.45) is 0 Å². The predicted octanol–water partition coefficient (Wildman–Crippen LogP) is 6.80. The van der Waals surface area contributed by atoms with Crippen LogP contribution in [0.5, 0.6) is 23.0 Å². The second-order valence-corrected chi connectivity index (χ2v) is 8.67. The molecule has 0 spiro atoms. The lowest BCUT2D eigenvalue weighted by molar-refractivity contribution is -0.112. The van der Waals surface area contributed by atoms with E-state index in [2.05, 4.69) is 5.32 Å². The second-order valence-electron chi connectivity index (χ2n) is 8.67. The van der Waals surface area contributed by atoms with Gasteiger partial charge in [0, 0.05) is 11.3 Å². The van der Waals surface area contributed by atoms with Gasteiger partial charge in [0.1, 0.15) is 36.4 Å². The highest BCUT2D eigenvalue weighted by atomic mass is 16.5. The number of para-hydroxylation sites is 1. The number of hydrogen-bond donors (Lipinski definition) is 1. The molecule has 40 heavy (non-hydrogen) atoms. The number of amides is 1. The molecular weight excluding hydrogens is 504 g/mol. The largest absolute Gasteiger partial charge is 0.494 e. The van der Waals surface area contributed by atoms with E-state index in [1.165, 1.54) is 6.08 Å². The smallest absolute Gasteiger partial charge is 0.266 e. The van der Waals surface area contributed by atoms with Crippen LogP contribution >= 0.6 is 0 Å². The van der Waals surface area contributed by atoms with Crippen LogP contribution < -0.4 is 24.3 Å². The maximum Gasteiger partial charge on any atom is 0.266 e. The summed E-state index contributed by atoms with van der Waals surface area (Å²) in [5.74, 6) is 1.96. The number of rotatable bonds is 12. The third kappa shape index (κ3) is 7.65. The van der Waals surface area contributed by atoms with Gasteiger partial charge in [-0.15, -0.1) is 0 Å². The molecule has 0 radical (unpaired) electrons. The Balaban J connectivity index is 1.43. The molecule has 202 valence electrons. The zero-order valence-electron chi connectivity index (χ0n) is 22.4.